The Kier molecular flexibility index (Phi) is 14.3. The number of urea groups is 1. The fourth-order valence-corrected chi connectivity index (χ4v) is 7.42. The van der Waals surface area contributed by atoms with Gasteiger partial charge in [-0.2, -0.15) is 0 Å². The molecule has 16 heteroatoms. The van der Waals surface area contributed by atoms with Crippen LogP contribution in [0.15, 0.2) is 59.6 Å². The van der Waals surface area contributed by atoms with Crippen LogP contribution in [0.1, 0.15) is 62.3 Å². The van der Waals surface area contributed by atoms with Crippen LogP contribution in [0, 0.1) is 0 Å². The number of carbonyl (C=O) groups excluding carboxylic acids is 1. The summed E-state index contributed by atoms with van der Waals surface area (Å²) in [4.78, 5) is 16.9. The van der Waals surface area contributed by atoms with Crippen molar-refractivity contribution >= 4 is 27.7 Å². The molecule has 4 atom stereocenters. The molecule has 0 bridgehead atoms. The minimum atomic E-state index is -3.88. The number of rotatable bonds is 21. The molecule has 14 nitrogen and oxygen atoms in total. The van der Waals surface area contributed by atoms with Crippen LogP contribution in [-0.2, 0) is 33.4 Å². The lowest BCUT2D eigenvalue weighted by molar-refractivity contribution is -0.113. The second-order valence-corrected chi connectivity index (χ2v) is 16.3. The number of hydrogen-bond donors (Lipinski definition) is 7. The van der Waals surface area contributed by atoms with E-state index in [4.69, 9.17) is 31.2 Å². The minimum absolute atomic E-state index is 0.0773. The number of aromatic nitrogens is 1. The molecule has 2 aromatic carbocycles. The Balaban J connectivity index is 1.15. The highest BCUT2D eigenvalue weighted by Crippen LogP contribution is 2.53. The Morgan fingerprint density at radius 2 is 1.74 bits per heavy atom. The van der Waals surface area contributed by atoms with Gasteiger partial charge in [0.1, 0.15) is 24.1 Å². The van der Waals surface area contributed by atoms with Crippen LogP contribution < -0.4 is 15.4 Å². The third-order valence-corrected chi connectivity index (χ3v) is 11.9. The van der Waals surface area contributed by atoms with Crippen LogP contribution in [-0.4, -0.2) is 113 Å². The summed E-state index contributed by atoms with van der Waals surface area (Å²) in [7, 11) is -2.40. The molecule has 2 aliphatic rings. The average Bonchev–Trinajstić information content (AvgIpc) is 4.13. The van der Waals surface area contributed by atoms with Crippen molar-refractivity contribution in [2.24, 2.45) is 0 Å². The Labute approximate surface area is 321 Å². The first-order valence-electron chi connectivity index (χ1n) is 18.3. The number of carbonyl (C=O) groups is 1. The second kappa shape index (κ2) is 18.5. The van der Waals surface area contributed by atoms with E-state index in [1.807, 2.05) is 24.4 Å². The van der Waals surface area contributed by atoms with Crippen LogP contribution in [0.3, 0.4) is 0 Å². The number of aliphatic hydroxyl groups excluding tert-OH is 5. The maximum atomic E-state index is 13.5. The number of aliphatic hydroxyl groups is 5. The molecule has 2 amide bonds. The Hall–Kier alpha value is -3.38. The molecule has 7 N–H and O–H groups in total. The highest BCUT2D eigenvalue weighted by molar-refractivity contribution is 7.89. The number of para-hydroxylation sites is 1. The summed E-state index contributed by atoms with van der Waals surface area (Å²) in [6.07, 6.45) is 0.589. The molecule has 0 aliphatic heterocycles. The number of benzene rings is 2. The average molecular weight is 791 g/mol. The summed E-state index contributed by atoms with van der Waals surface area (Å²) >= 11 is 6.58. The summed E-state index contributed by atoms with van der Waals surface area (Å²) in [5.74, 6) is 0.835. The molecule has 2 saturated carbocycles. The first-order valence-corrected chi connectivity index (χ1v) is 20.1. The first-order chi connectivity index (χ1) is 25.8. The number of ether oxygens (including phenoxy) is 2. The van der Waals surface area contributed by atoms with Gasteiger partial charge in [-0.15, -0.1) is 0 Å². The van der Waals surface area contributed by atoms with Gasteiger partial charge in [0.25, 0.3) is 0 Å². The summed E-state index contributed by atoms with van der Waals surface area (Å²) < 4.78 is 41.2. The van der Waals surface area contributed by atoms with Gasteiger partial charge in [0.2, 0.25) is 10.0 Å². The number of pyridine rings is 1. The zero-order valence-electron chi connectivity index (χ0n) is 30.5. The van der Waals surface area contributed by atoms with Gasteiger partial charge in [0.15, 0.2) is 0 Å². The van der Waals surface area contributed by atoms with E-state index in [1.165, 1.54) is 17.4 Å². The van der Waals surface area contributed by atoms with Gasteiger partial charge in [-0.1, -0.05) is 36.7 Å². The summed E-state index contributed by atoms with van der Waals surface area (Å²) in [6, 6.07) is 14.1. The Bertz CT molecular complexity index is 1840. The zero-order valence-corrected chi connectivity index (χ0v) is 32.1. The number of hydrogen-bond acceptors (Lipinski definition) is 11. The van der Waals surface area contributed by atoms with E-state index in [0.29, 0.717) is 23.4 Å². The fraction of sp³-hybridized carbons (Fsp3) is 0.526. The van der Waals surface area contributed by atoms with Gasteiger partial charge >= 0.3 is 6.03 Å². The Morgan fingerprint density at radius 1 is 1.02 bits per heavy atom. The van der Waals surface area contributed by atoms with E-state index < -0.39 is 59.2 Å². The van der Waals surface area contributed by atoms with Crippen molar-refractivity contribution in [2.45, 2.75) is 99.5 Å². The number of aryl methyl sites for hydroxylation is 1. The fourth-order valence-electron chi connectivity index (χ4n) is 5.98. The standard InChI is InChI=1S/C38H51ClN4O10S/c1-3-25-19-29(28-8-4-5-9-34(28)53-26-10-11-26)30(20-41-25)38(14-15-38)52-23-24-18-27(12-13-31(24)39)54(50,51)43(2)17-7-6-16-40-37(49)42-21-32(45)35(47)36(48)33(46)22-44/h4-5,8-9,12-13,18-20,26,32-33,35-36,44-48H,3,6-7,10-11,14-17,21-23H2,1-2H3,(H2,40,42,49)/t32-,33+,35+,36+/m0/s1. The normalized spacial score (nSPS) is 17.4. The topological polar surface area (TPSA) is 211 Å². The van der Waals surface area contributed by atoms with E-state index in [1.54, 1.807) is 12.1 Å². The van der Waals surface area contributed by atoms with Crippen molar-refractivity contribution in [3.05, 3.63) is 76.6 Å². The van der Waals surface area contributed by atoms with Crippen molar-refractivity contribution in [1.82, 2.24) is 19.9 Å². The quantitative estimate of drug-likeness (QED) is 0.0781. The number of halogens is 1. The second-order valence-electron chi connectivity index (χ2n) is 13.9. The minimum Gasteiger partial charge on any atom is -0.490 e. The molecule has 296 valence electrons. The van der Waals surface area contributed by atoms with Crippen molar-refractivity contribution in [3.8, 4) is 16.9 Å². The smallest absolute Gasteiger partial charge is 0.314 e. The van der Waals surface area contributed by atoms with Gasteiger partial charge in [0.05, 0.1) is 35.9 Å². The van der Waals surface area contributed by atoms with Gasteiger partial charge in [-0.3, -0.25) is 4.98 Å². The van der Waals surface area contributed by atoms with Crippen LogP contribution >= 0.6 is 11.6 Å². The maximum absolute atomic E-state index is 13.5. The summed E-state index contributed by atoms with van der Waals surface area (Å²) in [5, 5.41) is 53.1. The van der Waals surface area contributed by atoms with E-state index in [9.17, 15) is 33.6 Å². The molecule has 3 aromatic rings. The predicted molar refractivity (Wildman–Crippen MR) is 201 cm³/mol. The number of unbranched alkanes of at least 4 members (excludes halogenated alkanes) is 1. The highest BCUT2D eigenvalue weighted by atomic mass is 35.5. The third-order valence-electron chi connectivity index (χ3n) is 9.72. The SMILES string of the molecule is CCc1cc(-c2ccccc2OC2CC2)c(C2(OCc3cc(S(=O)(=O)N(C)CCCCNC(=O)NC[C@H](O)[C@@H](O)[C@H](O)[C@H](O)CO)ccc3Cl)CC2)cn1. The monoisotopic (exact) mass is 790 g/mol. The number of sulfonamides is 1. The Morgan fingerprint density at radius 3 is 2.43 bits per heavy atom. The molecule has 5 rings (SSSR count). The number of amides is 2. The van der Waals surface area contributed by atoms with Crippen molar-refractivity contribution in [1.29, 1.82) is 0 Å². The van der Waals surface area contributed by atoms with Crippen molar-refractivity contribution in [3.63, 3.8) is 0 Å². The van der Waals surface area contributed by atoms with Crippen LogP contribution in [0.25, 0.3) is 11.1 Å². The summed E-state index contributed by atoms with van der Waals surface area (Å²) in [6.45, 7) is 1.30. The maximum Gasteiger partial charge on any atom is 0.314 e. The molecule has 2 aliphatic carbocycles. The molecule has 1 aromatic heterocycles. The number of nitrogens with one attached hydrogen (secondary N) is 2. The lowest BCUT2D eigenvalue weighted by Gasteiger charge is -2.25. The van der Waals surface area contributed by atoms with Gasteiger partial charge in [-0.25, -0.2) is 17.5 Å². The van der Waals surface area contributed by atoms with Gasteiger partial charge in [-0.05, 0) is 86.4 Å². The van der Waals surface area contributed by atoms with E-state index in [2.05, 4.69) is 29.7 Å². The predicted octanol–water partition coefficient (Wildman–Crippen LogP) is 2.85. The zero-order chi connectivity index (χ0) is 39.0. The number of nitrogens with zero attached hydrogens (tertiary/aromatic N) is 2. The molecular weight excluding hydrogens is 740 g/mol. The molecule has 0 radical (unpaired) electrons. The molecule has 0 unspecified atom stereocenters. The third kappa shape index (κ3) is 10.5. The van der Waals surface area contributed by atoms with Gasteiger partial charge in [0, 0.05) is 54.7 Å². The highest BCUT2D eigenvalue weighted by Gasteiger charge is 2.48. The summed E-state index contributed by atoms with van der Waals surface area (Å²) in [5.41, 5.74) is 3.87. The molecule has 2 fully saturated rings. The van der Waals surface area contributed by atoms with E-state index in [0.717, 1.165) is 60.2 Å². The van der Waals surface area contributed by atoms with E-state index in [-0.39, 0.29) is 30.7 Å². The van der Waals surface area contributed by atoms with E-state index >= 15 is 0 Å². The van der Waals surface area contributed by atoms with Crippen molar-refractivity contribution in [2.75, 3.05) is 33.3 Å². The first kappa shape index (κ1) is 41.8. The molecule has 1 heterocycles. The molecule has 0 saturated heterocycles. The van der Waals surface area contributed by atoms with Crippen molar-refractivity contribution < 1.29 is 48.2 Å². The molecule has 0 spiro atoms. The van der Waals surface area contributed by atoms with Gasteiger partial charge < -0.3 is 45.6 Å². The largest absolute Gasteiger partial charge is 0.490 e. The molecule has 54 heavy (non-hydrogen) atoms. The van der Waals surface area contributed by atoms with Crippen LogP contribution in [0.4, 0.5) is 4.79 Å². The van der Waals surface area contributed by atoms with Crippen LogP contribution in [0.2, 0.25) is 5.02 Å². The lowest BCUT2D eigenvalue weighted by atomic mass is 9.94. The lowest BCUT2D eigenvalue weighted by Crippen LogP contribution is -2.50. The van der Waals surface area contributed by atoms with Crippen LogP contribution in [0.5, 0.6) is 5.75 Å². The molecular formula is C38H51ClN4O10S.